The van der Waals surface area contributed by atoms with Gasteiger partial charge in [0, 0.05) is 50.3 Å². The van der Waals surface area contributed by atoms with Crippen molar-refractivity contribution in [2.45, 2.75) is 44.1 Å². The van der Waals surface area contributed by atoms with Crippen molar-refractivity contribution in [2.75, 3.05) is 0 Å². The summed E-state index contributed by atoms with van der Waals surface area (Å²) in [5.41, 5.74) is 3.79. The highest BCUT2D eigenvalue weighted by atomic mass is 16.6. The van der Waals surface area contributed by atoms with E-state index in [0.29, 0.717) is 55.6 Å². The molecule has 2 aliphatic heterocycles. The summed E-state index contributed by atoms with van der Waals surface area (Å²) in [5.74, 6) is 0.0589. The number of hydrogen-bond acceptors (Lipinski definition) is 7. The SMILES string of the molecule is CC1(C)c2cccc3c2C(=O)OC32c3ccc(O)cc3Oc3c2ccc(O)c3C(C)(C)c2c(-c3ccccc3O)ccc1c2-c1ccccc1O. The van der Waals surface area contributed by atoms with Gasteiger partial charge < -0.3 is 29.9 Å². The minimum Gasteiger partial charge on any atom is -0.508 e. The molecule has 9 rings (SSSR count). The summed E-state index contributed by atoms with van der Waals surface area (Å²) in [6.45, 7) is 8.07. The van der Waals surface area contributed by atoms with Gasteiger partial charge >= 0.3 is 5.97 Å². The van der Waals surface area contributed by atoms with Crippen LogP contribution in [-0.4, -0.2) is 26.4 Å². The molecule has 252 valence electrons. The van der Waals surface area contributed by atoms with E-state index in [2.05, 4.69) is 13.8 Å². The molecule has 0 saturated carbocycles. The Balaban J connectivity index is 1.56. The summed E-state index contributed by atoms with van der Waals surface area (Å²) in [7, 11) is 0. The van der Waals surface area contributed by atoms with Crippen molar-refractivity contribution in [3.8, 4) is 56.8 Å². The zero-order chi connectivity index (χ0) is 35.6. The van der Waals surface area contributed by atoms with Gasteiger partial charge in [-0.3, -0.25) is 0 Å². The largest absolute Gasteiger partial charge is 0.508 e. The number of fused-ring (bicyclic) bond motifs is 3. The molecule has 1 aliphatic carbocycles. The summed E-state index contributed by atoms with van der Waals surface area (Å²) >= 11 is 0. The summed E-state index contributed by atoms with van der Waals surface area (Å²) in [4.78, 5) is 14.5. The minimum absolute atomic E-state index is 0.0368. The second-order valence-electron chi connectivity index (χ2n) is 14.6. The second-order valence-corrected chi connectivity index (χ2v) is 14.6. The van der Waals surface area contributed by atoms with Crippen LogP contribution in [0.1, 0.15) is 77.0 Å². The molecular weight excluding hydrogens is 640 g/mol. The maximum absolute atomic E-state index is 14.5. The van der Waals surface area contributed by atoms with E-state index in [0.717, 1.165) is 11.1 Å². The van der Waals surface area contributed by atoms with Gasteiger partial charge in [0.2, 0.25) is 0 Å². The Morgan fingerprint density at radius 1 is 0.510 bits per heavy atom. The Labute approximate surface area is 294 Å². The van der Waals surface area contributed by atoms with Crippen molar-refractivity contribution in [1.82, 2.24) is 0 Å². The Bertz CT molecular complexity index is 2510. The summed E-state index contributed by atoms with van der Waals surface area (Å²) in [6.07, 6.45) is 0. The molecule has 6 aromatic carbocycles. The van der Waals surface area contributed by atoms with E-state index >= 15 is 0 Å². The summed E-state index contributed by atoms with van der Waals surface area (Å²) in [5, 5.41) is 45.7. The molecule has 7 heteroatoms. The Hall–Kier alpha value is -6.21. The van der Waals surface area contributed by atoms with E-state index in [1.54, 1.807) is 48.5 Å². The average molecular weight is 675 g/mol. The molecular formula is C44H34O7. The van der Waals surface area contributed by atoms with E-state index in [9.17, 15) is 25.2 Å². The first kappa shape index (κ1) is 30.8. The number of hydrogen-bond donors (Lipinski definition) is 4. The minimum atomic E-state index is -1.46. The van der Waals surface area contributed by atoms with Gasteiger partial charge in [-0.15, -0.1) is 0 Å². The predicted octanol–water partition coefficient (Wildman–Crippen LogP) is 9.38. The predicted molar refractivity (Wildman–Crippen MR) is 193 cm³/mol. The maximum atomic E-state index is 14.5. The van der Waals surface area contributed by atoms with Crippen LogP contribution in [0.5, 0.6) is 34.5 Å². The fraction of sp³-hybridized carbons (Fsp3) is 0.159. The van der Waals surface area contributed by atoms with Gasteiger partial charge in [-0.05, 0) is 64.2 Å². The van der Waals surface area contributed by atoms with E-state index in [1.807, 2.05) is 68.4 Å². The molecule has 6 aromatic rings. The number of aromatic hydroxyl groups is 4. The Morgan fingerprint density at radius 2 is 1.14 bits per heavy atom. The zero-order valence-electron chi connectivity index (χ0n) is 28.4. The topological polar surface area (TPSA) is 116 Å². The quantitative estimate of drug-likeness (QED) is 0.135. The van der Waals surface area contributed by atoms with E-state index < -0.39 is 22.4 Å². The van der Waals surface area contributed by atoms with Gasteiger partial charge in [0.25, 0.3) is 0 Å². The first-order valence-corrected chi connectivity index (χ1v) is 16.9. The summed E-state index contributed by atoms with van der Waals surface area (Å²) < 4.78 is 13.3. The number of rotatable bonds is 2. The van der Waals surface area contributed by atoms with Gasteiger partial charge in [-0.2, -0.15) is 0 Å². The van der Waals surface area contributed by atoms with Crippen LogP contribution in [0.15, 0.2) is 109 Å². The van der Waals surface area contributed by atoms with Crippen LogP contribution < -0.4 is 4.74 Å². The van der Waals surface area contributed by atoms with Gasteiger partial charge in [0.05, 0.1) is 5.56 Å². The van der Waals surface area contributed by atoms with Gasteiger partial charge in [-0.1, -0.05) is 94.4 Å². The highest BCUT2D eigenvalue weighted by Crippen LogP contribution is 2.63. The number of carbonyl (C=O) groups is 1. The lowest BCUT2D eigenvalue weighted by Crippen LogP contribution is -2.35. The summed E-state index contributed by atoms with van der Waals surface area (Å²) in [6, 6.07) is 32.0. The fourth-order valence-electron chi connectivity index (χ4n) is 8.87. The lowest BCUT2D eigenvalue weighted by atomic mass is 9.64. The molecule has 51 heavy (non-hydrogen) atoms. The van der Waals surface area contributed by atoms with Crippen molar-refractivity contribution in [2.24, 2.45) is 0 Å². The molecule has 4 N–H and O–H groups in total. The normalized spacial score (nSPS) is 18.5. The third-order valence-electron chi connectivity index (χ3n) is 11.1. The lowest BCUT2D eigenvalue weighted by molar-refractivity contribution is 0.0222. The fourth-order valence-corrected chi connectivity index (χ4v) is 8.87. The van der Waals surface area contributed by atoms with Crippen molar-refractivity contribution in [3.63, 3.8) is 0 Å². The average Bonchev–Trinajstić information content (AvgIpc) is 3.39. The van der Waals surface area contributed by atoms with Crippen LogP contribution in [0.4, 0.5) is 0 Å². The monoisotopic (exact) mass is 674 g/mol. The third kappa shape index (κ3) is 3.91. The maximum Gasteiger partial charge on any atom is 0.340 e. The van der Waals surface area contributed by atoms with E-state index in [4.69, 9.17) is 9.47 Å². The van der Waals surface area contributed by atoms with Crippen LogP contribution in [0.2, 0.25) is 0 Å². The number of phenols is 4. The molecule has 9 bridgehead atoms. The zero-order valence-corrected chi connectivity index (χ0v) is 28.4. The molecule has 3 aliphatic rings. The number of para-hydroxylation sites is 2. The standard InChI is InChI=1S/C44H34O7/c1-42(2)28-12-9-13-30-37(28)41(49)51-44(30)27-18-16-23(45)22-35(27)50-40-31(44)20-21-34(48)39(40)43(3,4)38-25(24-10-5-7-14-32(24)46)17-19-29(42)36(38)26-11-6-8-15-33(26)47/h5-22,45-48H,1-4H3. The highest BCUT2D eigenvalue weighted by molar-refractivity contribution is 6.00. The number of esters is 1. The van der Waals surface area contributed by atoms with E-state index in [1.165, 1.54) is 6.07 Å². The Morgan fingerprint density at radius 3 is 1.86 bits per heavy atom. The van der Waals surface area contributed by atoms with Crippen LogP contribution in [0.25, 0.3) is 22.3 Å². The molecule has 0 aromatic heterocycles. The van der Waals surface area contributed by atoms with Crippen LogP contribution in [0, 0.1) is 0 Å². The molecule has 0 saturated heterocycles. The molecule has 0 amide bonds. The van der Waals surface area contributed by atoms with Gasteiger partial charge in [-0.25, -0.2) is 4.79 Å². The van der Waals surface area contributed by atoms with Crippen molar-refractivity contribution in [3.05, 3.63) is 154 Å². The van der Waals surface area contributed by atoms with Crippen molar-refractivity contribution >= 4 is 5.97 Å². The smallest absolute Gasteiger partial charge is 0.340 e. The highest BCUT2D eigenvalue weighted by Gasteiger charge is 2.57. The number of phenolic OH excluding ortho intramolecular Hbond substituents is 4. The van der Waals surface area contributed by atoms with Crippen LogP contribution >= 0.6 is 0 Å². The molecule has 7 nitrogen and oxygen atoms in total. The second kappa shape index (κ2) is 10.2. The molecule has 1 unspecified atom stereocenters. The van der Waals surface area contributed by atoms with Gasteiger partial charge in [0.1, 0.15) is 34.5 Å². The lowest BCUT2D eigenvalue weighted by Gasteiger charge is -2.42. The number of benzene rings is 6. The van der Waals surface area contributed by atoms with Crippen LogP contribution in [0.3, 0.4) is 0 Å². The van der Waals surface area contributed by atoms with Crippen molar-refractivity contribution in [1.29, 1.82) is 0 Å². The third-order valence-corrected chi connectivity index (χ3v) is 11.1. The molecule has 1 atom stereocenters. The first-order chi connectivity index (χ1) is 24.4. The van der Waals surface area contributed by atoms with Gasteiger partial charge in [0.15, 0.2) is 5.60 Å². The molecule has 2 heterocycles. The molecule has 0 radical (unpaired) electrons. The molecule has 1 spiro atoms. The number of ether oxygens (including phenoxy) is 2. The van der Waals surface area contributed by atoms with E-state index in [-0.39, 0.29) is 34.5 Å². The Kier molecular flexibility index (Phi) is 6.15. The first-order valence-electron chi connectivity index (χ1n) is 16.9. The molecule has 0 fully saturated rings. The number of carbonyl (C=O) groups excluding carboxylic acids is 1. The van der Waals surface area contributed by atoms with Crippen LogP contribution in [-0.2, 0) is 21.2 Å². The van der Waals surface area contributed by atoms with Crippen molar-refractivity contribution < 1.29 is 34.7 Å².